The molecule has 0 bridgehead atoms. The fourth-order valence-electron chi connectivity index (χ4n) is 2.02. The lowest BCUT2D eigenvalue weighted by atomic mass is 10.1. The molecule has 1 fully saturated rings. The van der Waals surface area contributed by atoms with Crippen LogP contribution in [0.4, 0.5) is 5.69 Å². The Balaban J connectivity index is 2.17. The molecule has 0 amide bonds. The van der Waals surface area contributed by atoms with Gasteiger partial charge < -0.3 is 5.32 Å². The first kappa shape index (κ1) is 9.19. The highest BCUT2D eigenvalue weighted by molar-refractivity contribution is 5.70. The maximum atomic E-state index is 11.2. The van der Waals surface area contributed by atoms with Crippen LogP contribution in [0.5, 0.6) is 0 Å². The Labute approximate surface area is 82.1 Å². The van der Waals surface area contributed by atoms with E-state index in [0.29, 0.717) is 17.3 Å². The summed E-state index contributed by atoms with van der Waals surface area (Å²) in [7, 11) is 0. The zero-order chi connectivity index (χ0) is 10.1. The quantitative estimate of drug-likeness (QED) is 0.732. The number of hydrogen-bond donors (Lipinski definition) is 1. The standard InChI is InChI=1S/C11H13NO2/c1-2-8-9(11(14)10(8)13)12-7-5-3-4-6-7/h2,7,12H,1,3-6H2. The molecule has 1 aromatic rings. The van der Waals surface area contributed by atoms with Crippen LogP contribution in [0.15, 0.2) is 16.2 Å². The van der Waals surface area contributed by atoms with Crippen LogP contribution in [0, 0.1) is 0 Å². The van der Waals surface area contributed by atoms with Gasteiger partial charge >= 0.3 is 0 Å². The Morgan fingerprint density at radius 1 is 1.21 bits per heavy atom. The van der Waals surface area contributed by atoms with Gasteiger partial charge in [0.15, 0.2) is 0 Å². The highest BCUT2D eigenvalue weighted by Gasteiger charge is 2.22. The third-order valence-corrected chi connectivity index (χ3v) is 2.86. The Morgan fingerprint density at radius 2 is 1.86 bits per heavy atom. The first-order valence-corrected chi connectivity index (χ1v) is 4.96. The molecule has 2 rings (SSSR count). The van der Waals surface area contributed by atoms with Crippen LogP contribution in [0.25, 0.3) is 6.08 Å². The molecule has 0 spiro atoms. The third-order valence-electron chi connectivity index (χ3n) is 2.86. The van der Waals surface area contributed by atoms with Gasteiger partial charge in [-0.1, -0.05) is 25.5 Å². The topological polar surface area (TPSA) is 46.2 Å². The molecule has 0 unspecified atom stereocenters. The second kappa shape index (κ2) is 3.40. The van der Waals surface area contributed by atoms with Gasteiger partial charge in [-0.3, -0.25) is 9.59 Å². The van der Waals surface area contributed by atoms with Crippen LogP contribution in [0.1, 0.15) is 31.2 Å². The van der Waals surface area contributed by atoms with E-state index in [1.54, 1.807) is 0 Å². The molecule has 74 valence electrons. The van der Waals surface area contributed by atoms with E-state index < -0.39 is 5.43 Å². The number of anilines is 1. The second-order valence-electron chi connectivity index (χ2n) is 3.78. The first-order valence-electron chi connectivity index (χ1n) is 4.96. The predicted octanol–water partition coefficient (Wildman–Crippen LogP) is 1.28. The van der Waals surface area contributed by atoms with Gasteiger partial charge in [0.1, 0.15) is 0 Å². The molecule has 14 heavy (non-hydrogen) atoms. The molecular formula is C11H13NO2. The Morgan fingerprint density at radius 3 is 2.43 bits per heavy atom. The van der Waals surface area contributed by atoms with Crippen LogP contribution >= 0.6 is 0 Å². The lowest BCUT2D eigenvalue weighted by Crippen LogP contribution is -2.38. The Kier molecular flexibility index (Phi) is 2.23. The molecule has 0 saturated heterocycles. The molecule has 1 aliphatic carbocycles. The zero-order valence-corrected chi connectivity index (χ0v) is 8.01. The van der Waals surface area contributed by atoms with Crippen LogP contribution < -0.4 is 16.2 Å². The largest absolute Gasteiger partial charge is 0.378 e. The van der Waals surface area contributed by atoms with Crippen molar-refractivity contribution in [2.24, 2.45) is 0 Å². The van der Waals surface area contributed by atoms with Gasteiger partial charge in [0.2, 0.25) is 10.9 Å². The van der Waals surface area contributed by atoms with Crippen LogP contribution in [0.2, 0.25) is 0 Å². The normalized spacial score (nSPS) is 17.4. The lowest BCUT2D eigenvalue weighted by molar-refractivity contribution is 0.752. The minimum Gasteiger partial charge on any atom is -0.378 e. The molecule has 1 N–H and O–H groups in total. The average molecular weight is 191 g/mol. The average Bonchev–Trinajstić information content (AvgIpc) is 2.69. The van der Waals surface area contributed by atoms with Gasteiger partial charge in [-0.05, 0) is 12.8 Å². The maximum Gasteiger partial charge on any atom is 0.250 e. The fourth-order valence-corrected chi connectivity index (χ4v) is 2.02. The molecule has 0 heterocycles. The summed E-state index contributed by atoms with van der Waals surface area (Å²) in [6, 6.07) is 0.372. The van der Waals surface area contributed by atoms with Crippen molar-refractivity contribution in [1.82, 2.24) is 0 Å². The van der Waals surface area contributed by atoms with E-state index in [2.05, 4.69) is 11.9 Å². The molecule has 1 saturated carbocycles. The molecule has 0 aliphatic heterocycles. The minimum atomic E-state index is -0.402. The second-order valence-corrected chi connectivity index (χ2v) is 3.78. The molecular weight excluding hydrogens is 178 g/mol. The molecule has 0 atom stereocenters. The lowest BCUT2D eigenvalue weighted by Gasteiger charge is -2.15. The van der Waals surface area contributed by atoms with Crippen molar-refractivity contribution in [1.29, 1.82) is 0 Å². The van der Waals surface area contributed by atoms with Crippen LogP contribution in [0.3, 0.4) is 0 Å². The predicted molar refractivity (Wildman–Crippen MR) is 57.3 cm³/mol. The minimum absolute atomic E-state index is 0.372. The zero-order valence-electron chi connectivity index (χ0n) is 8.01. The van der Waals surface area contributed by atoms with E-state index in [-0.39, 0.29) is 5.43 Å². The first-order chi connectivity index (χ1) is 6.74. The van der Waals surface area contributed by atoms with Crippen LogP contribution in [-0.4, -0.2) is 6.04 Å². The molecule has 0 aromatic heterocycles. The van der Waals surface area contributed by atoms with Gasteiger partial charge in [0.25, 0.3) is 0 Å². The molecule has 1 aliphatic rings. The van der Waals surface area contributed by atoms with Crippen molar-refractivity contribution in [3.05, 3.63) is 32.6 Å². The smallest absolute Gasteiger partial charge is 0.250 e. The van der Waals surface area contributed by atoms with E-state index in [4.69, 9.17) is 0 Å². The molecule has 1 aromatic carbocycles. The van der Waals surface area contributed by atoms with E-state index in [9.17, 15) is 9.59 Å². The SMILES string of the molecule is C=Cc1c(NC2CCCC2)c(=O)c1=O. The number of hydrogen-bond acceptors (Lipinski definition) is 3. The summed E-state index contributed by atoms with van der Waals surface area (Å²) >= 11 is 0. The van der Waals surface area contributed by atoms with Crippen molar-refractivity contribution in [3.8, 4) is 0 Å². The van der Waals surface area contributed by atoms with Crippen LogP contribution in [-0.2, 0) is 0 Å². The summed E-state index contributed by atoms with van der Waals surface area (Å²) in [4.78, 5) is 22.3. The van der Waals surface area contributed by atoms with Crippen molar-refractivity contribution in [3.63, 3.8) is 0 Å². The maximum absolute atomic E-state index is 11.2. The van der Waals surface area contributed by atoms with Crippen molar-refractivity contribution >= 4 is 11.8 Å². The monoisotopic (exact) mass is 191 g/mol. The van der Waals surface area contributed by atoms with Crippen molar-refractivity contribution < 1.29 is 0 Å². The molecule has 3 nitrogen and oxygen atoms in total. The highest BCUT2D eigenvalue weighted by Crippen LogP contribution is 2.22. The van der Waals surface area contributed by atoms with Crippen molar-refractivity contribution in [2.75, 3.05) is 5.32 Å². The summed E-state index contributed by atoms with van der Waals surface area (Å²) in [5.41, 5.74) is 0.158. The van der Waals surface area contributed by atoms with Gasteiger partial charge in [-0.2, -0.15) is 0 Å². The summed E-state index contributed by atoms with van der Waals surface area (Å²) in [5, 5.41) is 3.13. The summed E-state index contributed by atoms with van der Waals surface area (Å²) in [5.74, 6) is 0. The Hall–Kier alpha value is -1.38. The van der Waals surface area contributed by atoms with Gasteiger partial charge in [0.05, 0.1) is 11.3 Å². The van der Waals surface area contributed by atoms with Gasteiger partial charge in [-0.15, -0.1) is 0 Å². The van der Waals surface area contributed by atoms with E-state index in [1.807, 2.05) is 0 Å². The summed E-state index contributed by atoms with van der Waals surface area (Å²) in [6.45, 7) is 3.52. The number of nitrogens with one attached hydrogen (secondary N) is 1. The van der Waals surface area contributed by atoms with Gasteiger partial charge in [-0.25, -0.2) is 0 Å². The number of rotatable bonds is 3. The molecule has 0 radical (unpaired) electrons. The molecule has 3 heteroatoms. The van der Waals surface area contributed by atoms with E-state index in [1.165, 1.54) is 18.9 Å². The van der Waals surface area contributed by atoms with E-state index >= 15 is 0 Å². The fraction of sp³-hybridized carbons (Fsp3) is 0.455. The van der Waals surface area contributed by atoms with E-state index in [0.717, 1.165) is 12.8 Å². The van der Waals surface area contributed by atoms with Gasteiger partial charge in [0, 0.05) is 6.04 Å². The Bertz CT molecular complexity index is 420. The highest BCUT2D eigenvalue weighted by atomic mass is 16.2. The summed E-state index contributed by atoms with van der Waals surface area (Å²) < 4.78 is 0. The third kappa shape index (κ3) is 1.29. The summed E-state index contributed by atoms with van der Waals surface area (Å²) in [6.07, 6.45) is 6.05. The van der Waals surface area contributed by atoms with Crippen molar-refractivity contribution in [2.45, 2.75) is 31.7 Å².